The Bertz CT molecular complexity index is 1420. The van der Waals surface area contributed by atoms with Gasteiger partial charge in [0.15, 0.2) is 0 Å². The molecule has 5 atom stereocenters. The number of aromatic hydroxyl groups is 1. The number of carbonyl (C=O) groups is 8. The van der Waals surface area contributed by atoms with Crippen molar-refractivity contribution in [3.05, 3.63) is 29.8 Å². The van der Waals surface area contributed by atoms with E-state index in [1.54, 1.807) is 27.7 Å². The number of carbonyl (C=O) groups excluding carboxylic acids is 7. The number of hydrogen-bond donors (Lipinski definition) is 10. The highest BCUT2D eigenvalue weighted by Crippen LogP contribution is 2.14. The minimum atomic E-state index is -1.31. The predicted molar refractivity (Wildman–Crippen MR) is 187 cm³/mol. The molecule has 0 saturated carbocycles. The number of aliphatic carboxylic acids is 1. The molecular formula is C34H53N7O11. The van der Waals surface area contributed by atoms with E-state index in [4.69, 9.17) is 5.11 Å². The lowest BCUT2D eigenvalue weighted by Gasteiger charge is -2.29. The molecule has 7 amide bonds. The Labute approximate surface area is 302 Å². The van der Waals surface area contributed by atoms with Crippen LogP contribution in [0.4, 0.5) is 0 Å². The van der Waals surface area contributed by atoms with E-state index in [0.717, 1.165) is 6.92 Å². The molecule has 0 spiro atoms. The molecule has 0 fully saturated rings. The summed E-state index contributed by atoms with van der Waals surface area (Å²) >= 11 is 0. The number of carboxylic acids is 1. The molecule has 0 heterocycles. The zero-order valence-corrected chi connectivity index (χ0v) is 30.6. The lowest BCUT2D eigenvalue weighted by molar-refractivity contribution is -0.139. The summed E-state index contributed by atoms with van der Waals surface area (Å²) in [6.45, 7) is 9.38. The van der Waals surface area contributed by atoms with Crippen molar-refractivity contribution in [1.29, 1.82) is 0 Å². The Morgan fingerprint density at radius 3 is 1.63 bits per heavy atom. The summed E-state index contributed by atoms with van der Waals surface area (Å²) in [6.07, 6.45) is 0.0368. The van der Waals surface area contributed by atoms with Crippen LogP contribution in [0.5, 0.6) is 5.75 Å². The third-order valence-corrected chi connectivity index (χ3v) is 7.58. The molecule has 1 aromatic carbocycles. The van der Waals surface area contributed by atoms with Crippen molar-refractivity contribution < 1.29 is 53.7 Å². The van der Waals surface area contributed by atoms with E-state index in [0.29, 0.717) is 5.56 Å². The number of benzene rings is 1. The number of nitrogens with one attached hydrogen (secondary N) is 7. The van der Waals surface area contributed by atoms with E-state index in [1.807, 2.05) is 13.8 Å². The van der Waals surface area contributed by atoms with E-state index in [1.165, 1.54) is 24.3 Å². The van der Waals surface area contributed by atoms with Crippen LogP contribution in [0.3, 0.4) is 0 Å². The number of rotatable bonds is 21. The van der Waals surface area contributed by atoms with Gasteiger partial charge in [0.25, 0.3) is 0 Å². The molecule has 18 nitrogen and oxygen atoms in total. The van der Waals surface area contributed by atoms with Gasteiger partial charge in [-0.3, -0.25) is 38.4 Å². The molecule has 1 rings (SSSR count). The first-order chi connectivity index (χ1) is 24.2. The second kappa shape index (κ2) is 21.8. The summed E-state index contributed by atoms with van der Waals surface area (Å²) in [7, 11) is 0. The zero-order valence-electron chi connectivity index (χ0n) is 30.6. The number of aliphatic hydroxyl groups excluding tert-OH is 1. The Kier molecular flexibility index (Phi) is 18.8. The normalized spacial score (nSPS) is 13.9. The topological polar surface area (TPSA) is 281 Å². The van der Waals surface area contributed by atoms with Crippen LogP contribution in [-0.2, 0) is 44.8 Å². The average Bonchev–Trinajstić information content (AvgIpc) is 3.05. The first-order valence-corrected chi connectivity index (χ1v) is 16.9. The molecule has 290 valence electrons. The van der Waals surface area contributed by atoms with Crippen molar-refractivity contribution in [1.82, 2.24) is 37.2 Å². The maximum Gasteiger partial charge on any atom is 0.322 e. The summed E-state index contributed by atoms with van der Waals surface area (Å²) in [4.78, 5) is 101. The maximum atomic E-state index is 13.9. The second-order valence-electron chi connectivity index (χ2n) is 13.4. The van der Waals surface area contributed by atoms with Gasteiger partial charge in [-0.1, -0.05) is 53.7 Å². The van der Waals surface area contributed by atoms with E-state index in [2.05, 4.69) is 37.2 Å². The van der Waals surface area contributed by atoms with Crippen LogP contribution in [0.2, 0.25) is 0 Å². The molecule has 0 aromatic heterocycles. The van der Waals surface area contributed by atoms with Crippen molar-refractivity contribution in [2.75, 3.05) is 19.7 Å². The largest absolute Gasteiger partial charge is 0.508 e. The van der Waals surface area contributed by atoms with Crippen LogP contribution in [0.25, 0.3) is 0 Å². The lowest BCUT2D eigenvalue weighted by atomic mass is 9.98. The maximum absolute atomic E-state index is 13.9. The van der Waals surface area contributed by atoms with Crippen LogP contribution in [0.1, 0.15) is 60.5 Å². The van der Waals surface area contributed by atoms with Crippen molar-refractivity contribution >= 4 is 47.3 Å². The SMILES string of the molecule is CC(=O)N[C@H](CO)C(=O)NCC(=O)N[C@@H](C(=O)N[C@H](Cc1ccc(O)cc1)C(=O)N[C@H](CC(C)C)C(=O)N[C@@H](C(=O)NCC(=O)O)C(C)C)C(C)C. The molecule has 0 saturated heterocycles. The number of phenols is 1. The van der Waals surface area contributed by atoms with Gasteiger partial charge in [-0.05, 0) is 41.9 Å². The Morgan fingerprint density at radius 1 is 0.615 bits per heavy atom. The fraction of sp³-hybridized carbons (Fsp3) is 0.588. The molecule has 1 aromatic rings. The van der Waals surface area contributed by atoms with Crippen molar-refractivity contribution in [2.24, 2.45) is 17.8 Å². The summed E-state index contributed by atoms with van der Waals surface area (Å²) in [5, 5.41) is 45.2. The quantitative estimate of drug-likeness (QED) is 0.0662. The third-order valence-electron chi connectivity index (χ3n) is 7.58. The van der Waals surface area contributed by atoms with Gasteiger partial charge in [-0.2, -0.15) is 0 Å². The summed E-state index contributed by atoms with van der Waals surface area (Å²) < 4.78 is 0. The Hall–Kier alpha value is -5.26. The number of amides is 7. The number of carboxylic acid groups (broad SMARTS) is 1. The van der Waals surface area contributed by atoms with Crippen LogP contribution in [-0.4, -0.2) is 113 Å². The van der Waals surface area contributed by atoms with Crippen LogP contribution in [0.15, 0.2) is 24.3 Å². The zero-order chi connectivity index (χ0) is 39.7. The molecule has 18 heteroatoms. The van der Waals surface area contributed by atoms with E-state index >= 15 is 0 Å². The van der Waals surface area contributed by atoms with Gasteiger partial charge < -0.3 is 52.5 Å². The van der Waals surface area contributed by atoms with E-state index in [-0.39, 0.29) is 24.5 Å². The molecular weight excluding hydrogens is 682 g/mol. The molecule has 0 bridgehead atoms. The molecule has 0 aliphatic carbocycles. The summed E-state index contributed by atoms with van der Waals surface area (Å²) in [5.74, 6) is -7.53. The number of hydrogen-bond acceptors (Lipinski definition) is 10. The van der Waals surface area contributed by atoms with Gasteiger partial charge in [0.2, 0.25) is 41.4 Å². The van der Waals surface area contributed by atoms with Gasteiger partial charge in [-0.15, -0.1) is 0 Å². The smallest absolute Gasteiger partial charge is 0.322 e. The molecule has 0 unspecified atom stereocenters. The van der Waals surface area contributed by atoms with E-state index < -0.39 is 109 Å². The van der Waals surface area contributed by atoms with Crippen LogP contribution >= 0.6 is 0 Å². The average molecular weight is 736 g/mol. The highest BCUT2D eigenvalue weighted by molar-refractivity contribution is 5.96. The minimum absolute atomic E-state index is 0.0355. The van der Waals surface area contributed by atoms with Crippen LogP contribution in [0, 0.1) is 17.8 Å². The standard InChI is InChI=1S/C34H53N7O11/c1-17(2)12-23(32(50)41-28(18(3)4)33(51)36-15-27(46)47)38-31(49)24(13-21-8-10-22(44)11-9-21)39-34(52)29(19(5)6)40-26(45)14-35-30(48)25(16-42)37-20(7)43/h8-11,17-19,23-25,28-29,42,44H,12-16H2,1-7H3,(H,35,48)(H,36,51)(H,37,43)(H,38,49)(H,39,52)(H,40,45)(H,41,50)(H,46,47)/t23-,24-,25-,28-,29-/m1/s1. The van der Waals surface area contributed by atoms with Gasteiger partial charge in [-0.25, -0.2) is 0 Å². The van der Waals surface area contributed by atoms with Gasteiger partial charge in [0.1, 0.15) is 42.5 Å². The number of aliphatic hydroxyl groups is 1. The third kappa shape index (κ3) is 16.2. The van der Waals surface area contributed by atoms with Crippen molar-refractivity contribution in [3.63, 3.8) is 0 Å². The van der Waals surface area contributed by atoms with Crippen LogP contribution < -0.4 is 37.2 Å². The fourth-order valence-electron chi connectivity index (χ4n) is 4.86. The van der Waals surface area contributed by atoms with Gasteiger partial charge in [0.05, 0.1) is 13.2 Å². The summed E-state index contributed by atoms with van der Waals surface area (Å²) in [5.41, 5.74) is 0.531. The fourth-order valence-corrected chi connectivity index (χ4v) is 4.86. The molecule has 0 aliphatic rings. The Morgan fingerprint density at radius 2 is 1.13 bits per heavy atom. The van der Waals surface area contributed by atoms with Gasteiger partial charge in [0, 0.05) is 13.3 Å². The van der Waals surface area contributed by atoms with Gasteiger partial charge >= 0.3 is 5.97 Å². The Balaban J connectivity index is 3.26. The first kappa shape index (κ1) is 44.8. The molecule has 10 N–H and O–H groups in total. The lowest BCUT2D eigenvalue weighted by Crippen LogP contribution is -2.60. The monoisotopic (exact) mass is 735 g/mol. The van der Waals surface area contributed by atoms with Crippen molar-refractivity contribution in [2.45, 2.75) is 91.5 Å². The predicted octanol–water partition coefficient (Wildman–Crippen LogP) is -1.95. The summed E-state index contributed by atoms with van der Waals surface area (Å²) in [6, 6.07) is -0.240. The highest BCUT2D eigenvalue weighted by atomic mass is 16.4. The second-order valence-corrected chi connectivity index (χ2v) is 13.4. The number of phenolic OH excluding ortho intramolecular Hbond substituents is 1. The van der Waals surface area contributed by atoms with Crippen molar-refractivity contribution in [3.8, 4) is 5.75 Å². The first-order valence-electron chi connectivity index (χ1n) is 16.9. The molecule has 0 aliphatic heterocycles. The minimum Gasteiger partial charge on any atom is -0.508 e. The molecule has 0 radical (unpaired) electrons. The highest BCUT2D eigenvalue weighted by Gasteiger charge is 2.33. The molecule has 52 heavy (non-hydrogen) atoms. The van der Waals surface area contributed by atoms with E-state index in [9.17, 15) is 48.6 Å².